The quantitative estimate of drug-likeness (QED) is 0.193. The van der Waals surface area contributed by atoms with Crippen LogP contribution in [0.1, 0.15) is 77.0 Å². The molecule has 2 aliphatic rings. The van der Waals surface area contributed by atoms with Crippen molar-refractivity contribution < 1.29 is 39.4 Å². The van der Waals surface area contributed by atoms with E-state index in [1.54, 1.807) is 12.2 Å². The van der Waals surface area contributed by atoms with E-state index in [9.17, 15) is 10.2 Å². The minimum atomic E-state index is -0.763. The minimum absolute atomic E-state index is 0.167. The van der Waals surface area contributed by atoms with Gasteiger partial charge in [-0.15, -0.1) is 0 Å². The molecular formula is C24H44O8. The Labute approximate surface area is 192 Å². The molecule has 0 amide bonds. The van der Waals surface area contributed by atoms with Gasteiger partial charge in [0, 0.05) is 13.0 Å². The first-order valence-electron chi connectivity index (χ1n) is 12.4. The fourth-order valence-electron chi connectivity index (χ4n) is 4.04. The maximum atomic E-state index is 9.68. The summed E-state index contributed by atoms with van der Waals surface area (Å²) in [4.78, 5) is 0. The smallest absolute Gasteiger partial charge is 0.177 e. The third-order valence-corrected chi connectivity index (χ3v) is 6.09. The first-order valence-corrected chi connectivity index (χ1v) is 12.4. The summed E-state index contributed by atoms with van der Waals surface area (Å²) in [6, 6.07) is 0. The largest absolute Gasteiger partial charge is 0.394 e. The van der Waals surface area contributed by atoms with E-state index in [1.807, 2.05) is 0 Å². The van der Waals surface area contributed by atoms with Gasteiger partial charge in [0.05, 0.1) is 25.9 Å². The SMILES string of the molecule is OC[C@H]1O[C@H](OCCCCCCCCCCCCO[C@@H]2CC[C@H](O)[C@@H](CO)O2)C=C[C@@H]1O. The summed E-state index contributed by atoms with van der Waals surface area (Å²) >= 11 is 0. The monoisotopic (exact) mass is 460 g/mol. The number of unbranched alkanes of at least 4 members (excludes halogenated alkanes) is 9. The zero-order valence-electron chi connectivity index (χ0n) is 19.4. The number of aliphatic hydroxyl groups is 4. The lowest BCUT2D eigenvalue weighted by atomic mass is 10.1. The van der Waals surface area contributed by atoms with Crippen LogP contribution in [0.2, 0.25) is 0 Å². The van der Waals surface area contributed by atoms with Gasteiger partial charge in [-0.25, -0.2) is 0 Å². The van der Waals surface area contributed by atoms with E-state index in [0.717, 1.165) is 25.7 Å². The van der Waals surface area contributed by atoms with Gasteiger partial charge in [-0.05, 0) is 25.3 Å². The lowest BCUT2D eigenvalue weighted by Crippen LogP contribution is -2.42. The van der Waals surface area contributed by atoms with Crippen LogP contribution in [0.4, 0.5) is 0 Å². The second kappa shape index (κ2) is 16.9. The molecule has 0 aromatic carbocycles. The minimum Gasteiger partial charge on any atom is -0.394 e. The van der Waals surface area contributed by atoms with Crippen molar-refractivity contribution in [1.82, 2.24) is 0 Å². The fraction of sp³-hybridized carbons (Fsp3) is 0.917. The van der Waals surface area contributed by atoms with Crippen LogP contribution >= 0.6 is 0 Å². The first-order chi connectivity index (χ1) is 15.6. The van der Waals surface area contributed by atoms with E-state index < -0.39 is 30.7 Å². The molecule has 0 aromatic rings. The molecule has 0 unspecified atom stereocenters. The van der Waals surface area contributed by atoms with E-state index in [4.69, 9.17) is 29.2 Å². The summed E-state index contributed by atoms with van der Waals surface area (Å²) in [6.07, 6.45) is 13.2. The number of hydrogen-bond acceptors (Lipinski definition) is 8. The predicted molar refractivity (Wildman–Crippen MR) is 120 cm³/mol. The summed E-state index contributed by atoms with van der Waals surface area (Å²) in [5.41, 5.74) is 0. The molecule has 0 aliphatic carbocycles. The van der Waals surface area contributed by atoms with Gasteiger partial charge in [0.15, 0.2) is 12.6 Å². The van der Waals surface area contributed by atoms with E-state index in [0.29, 0.717) is 26.1 Å². The van der Waals surface area contributed by atoms with Crippen LogP contribution in [0.5, 0.6) is 0 Å². The molecule has 8 heteroatoms. The topological polar surface area (TPSA) is 118 Å². The second-order valence-electron chi connectivity index (χ2n) is 8.81. The van der Waals surface area contributed by atoms with E-state index >= 15 is 0 Å². The van der Waals surface area contributed by atoms with Crippen LogP contribution in [0.3, 0.4) is 0 Å². The van der Waals surface area contributed by atoms with Gasteiger partial charge in [-0.3, -0.25) is 0 Å². The average molecular weight is 461 g/mol. The molecule has 8 nitrogen and oxygen atoms in total. The molecule has 0 radical (unpaired) electrons. The van der Waals surface area contributed by atoms with E-state index in [-0.39, 0.29) is 19.5 Å². The molecular weight excluding hydrogens is 416 g/mol. The third kappa shape index (κ3) is 11.0. The summed E-state index contributed by atoms with van der Waals surface area (Å²) in [5.74, 6) is 0. The average Bonchev–Trinajstić information content (AvgIpc) is 2.81. The first kappa shape index (κ1) is 27.7. The van der Waals surface area contributed by atoms with Crippen molar-refractivity contribution in [3.8, 4) is 0 Å². The van der Waals surface area contributed by atoms with Gasteiger partial charge < -0.3 is 39.4 Å². The maximum absolute atomic E-state index is 9.68. The number of aliphatic hydroxyl groups excluding tert-OH is 4. The Kier molecular flexibility index (Phi) is 14.6. The zero-order chi connectivity index (χ0) is 23.0. The van der Waals surface area contributed by atoms with Gasteiger partial charge in [0.25, 0.3) is 0 Å². The summed E-state index contributed by atoms with van der Waals surface area (Å²) in [7, 11) is 0. The van der Waals surface area contributed by atoms with Crippen molar-refractivity contribution in [2.45, 2.75) is 114 Å². The van der Waals surface area contributed by atoms with Gasteiger partial charge in [-0.2, -0.15) is 0 Å². The highest BCUT2D eigenvalue weighted by Crippen LogP contribution is 2.21. The lowest BCUT2D eigenvalue weighted by Gasteiger charge is -2.32. The lowest BCUT2D eigenvalue weighted by molar-refractivity contribution is -0.229. The van der Waals surface area contributed by atoms with Crippen molar-refractivity contribution >= 4 is 0 Å². The molecule has 6 atom stereocenters. The molecule has 4 N–H and O–H groups in total. The second-order valence-corrected chi connectivity index (χ2v) is 8.81. The van der Waals surface area contributed by atoms with Crippen LogP contribution in [0, 0.1) is 0 Å². The maximum Gasteiger partial charge on any atom is 0.177 e. The van der Waals surface area contributed by atoms with Crippen molar-refractivity contribution in [2.24, 2.45) is 0 Å². The van der Waals surface area contributed by atoms with Crippen LogP contribution in [0.15, 0.2) is 12.2 Å². The third-order valence-electron chi connectivity index (χ3n) is 6.09. The molecule has 188 valence electrons. The molecule has 32 heavy (non-hydrogen) atoms. The fourth-order valence-corrected chi connectivity index (χ4v) is 4.04. The van der Waals surface area contributed by atoms with Crippen LogP contribution in [-0.2, 0) is 18.9 Å². The molecule has 1 saturated heterocycles. The summed E-state index contributed by atoms with van der Waals surface area (Å²) in [6.45, 7) is 0.911. The Morgan fingerprint density at radius 3 is 1.81 bits per heavy atom. The van der Waals surface area contributed by atoms with Crippen molar-refractivity contribution in [3.05, 3.63) is 12.2 Å². The van der Waals surface area contributed by atoms with Gasteiger partial charge >= 0.3 is 0 Å². The van der Waals surface area contributed by atoms with Crippen molar-refractivity contribution in [3.63, 3.8) is 0 Å². The Bertz CT molecular complexity index is 489. The molecule has 2 aliphatic heterocycles. The Morgan fingerprint density at radius 2 is 1.22 bits per heavy atom. The molecule has 2 rings (SSSR count). The Balaban J connectivity index is 1.31. The van der Waals surface area contributed by atoms with Gasteiger partial charge in [0.2, 0.25) is 0 Å². The molecule has 2 heterocycles. The van der Waals surface area contributed by atoms with Crippen molar-refractivity contribution in [2.75, 3.05) is 26.4 Å². The highest BCUT2D eigenvalue weighted by Gasteiger charge is 2.29. The van der Waals surface area contributed by atoms with E-state index in [2.05, 4.69) is 0 Å². The highest BCUT2D eigenvalue weighted by molar-refractivity contribution is 4.99. The number of hydrogen-bond donors (Lipinski definition) is 4. The van der Waals surface area contributed by atoms with Gasteiger partial charge in [0.1, 0.15) is 18.3 Å². The normalized spacial score (nSPS) is 30.6. The standard InChI is InChI=1S/C24H44O8/c25-17-21-19(27)11-13-23(31-21)29-15-9-7-5-3-1-2-4-6-8-10-16-30-24-14-12-20(28)22(18-26)32-24/h11,13,19-28H,1-10,12,14-18H2/t19-,20-,21+,22+,23-,24-/m0/s1. The summed E-state index contributed by atoms with van der Waals surface area (Å²) in [5, 5.41) is 37.6. The van der Waals surface area contributed by atoms with E-state index in [1.165, 1.54) is 38.5 Å². The number of rotatable bonds is 17. The number of ether oxygens (including phenoxy) is 4. The highest BCUT2D eigenvalue weighted by atomic mass is 16.7. The molecule has 1 fully saturated rings. The summed E-state index contributed by atoms with van der Waals surface area (Å²) < 4.78 is 22.4. The molecule has 0 aromatic heterocycles. The Morgan fingerprint density at radius 1 is 0.656 bits per heavy atom. The van der Waals surface area contributed by atoms with Gasteiger partial charge in [-0.1, -0.05) is 57.4 Å². The molecule has 0 saturated carbocycles. The van der Waals surface area contributed by atoms with Crippen LogP contribution in [-0.4, -0.2) is 83.8 Å². The zero-order valence-corrected chi connectivity index (χ0v) is 19.4. The molecule has 0 spiro atoms. The predicted octanol–water partition coefficient (Wildman–Crippen LogP) is 2.41. The van der Waals surface area contributed by atoms with Crippen LogP contribution in [0.25, 0.3) is 0 Å². The molecule has 0 bridgehead atoms. The Hall–Kier alpha value is -0.580. The van der Waals surface area contributed by atoms with Crippen molar-refractivity contribution in [1.29, 1.82) is 0 Å². The van der Waals surface area contributed by atoms with Crippen LogP contribution < -0.4 is 0 Å².